The number of hydrogen-bond donors (Lipinski definition) is 1. The number of aromatic amines is 1. The number of nitrogens with zero attached hydrogens (tertiary/aromatic N) is 4. The molecule has 3 aromatic heterocycles. The maximum Gasteiger partial charge on any atom is 0.264 e. The van der Waals surface area contributed by atoms with Gasteiger partial charge in [-0.3, -0.25) is 9.78 Å². The Labute approximate surface area is 196 Å². The first-order chi connectivity index (χ1) is 16.2. The summed E-state index contributed by atoms with van der Waals surface area (Å²) in [5, 5.41) is 1.62. The van der Waals surface area contributed by atoms with E-state index in [4.69, 9.17) is 16.3 Å². The van der Waals surface area contributed by atoms with E-state index in [2.05, 4.69) is 19.9 Å². The summed E-state index contributed by atoms with van der Waals surface area (Å²) in [6.07, 6.45) is 7.21. The van der Waals surface area contributed by atoms with Crippen molar-refractivity contribution in [3.8, 4) is 16.9 Å². The van der Waals surface area contributed by atoms with E-state index in [1.165, 1.54) is 0 Å². The quantitative estimate of drug-likeness (QED) is 0.502. The molecule has 4 aromatic rings. The second-order valence-electron chi connectivity index (χ2n) is 8.37. The summed E-state index contributed by atoms with van der Waals surface area (Å²) in [5.41, 5.74) is 4.78. The van der Waals surface area contributed by atoms with Gasteiger partial charge >= 0.3 is 0 Å². The molecule has 33 heavy (non-hydrogen) atoms. The number of H-pyrrole nitrogens is 1. The van der Waals surface area contributed by atoms with Gasteiger partial charge in [0, 0.05) is 84.6 Å². The zero-order chi connectivity index (χ0) is 22.4. The van der Waals surface area contributed by atoms with Crippen LogP contribution < -0.4 is 9.64 Å². The molecule has 8 heteroatoms. The molecule has 2 aliphatic heterocycles. The van der Waals surface area contributed by atoms with Gasteiger partial charge in [-0.05, 0) is 42.0 Å². The third-order valence-corrected chi connectivity index (χ3v) is 6.66. The molecule has 0 aliphatic carbocycles. The highest BCUT2D eigenvalue weighted by Gasteiger charge is 2.35. The number of carbonyl (C=O) groups excluding carboxylic acids is 1. The minimum atomic E-state index is -0.534. The summed E-state index contributed by atoms with van der Waals surface area (Å²) in [6.45, 7) is 2.91. The lowest BCUT2D eigenvalue weighted by molar-refractivity contribution is -0.138. The number of fused-ring (bicyclic) bond motifs is 2. The standard InChI is InChI=1S/C25H22ClN5O2/c26-17-13-16-14-22(25(32)31-11-9-30(10-12-31)18-1-5-27-6-2-18)33-23(16)21(15-17)19-3-7-28-24-20(19)4-8-29-24/h1-8,13,15,22H,9-12,14H2,(H,28,29)/t22-/m1/s1. The summed E-state index contributed by atoms with van der Waals surface area (Å²) < 4.78 is 6.30. The van der Waals surface area contributed by atoms with Gasteiger partial charge in [0.05, 0.1) is 0 Å². The van der Waals surface area contributed by atoms with E-state index >= 15 is 0 Å². The Morgan fingerprint density at radius 3 is 2.67 bits per heavy atom. The summed E-state index contributed by atoms with van der Waals surface area (Å²) >= 11 is 6.47. The lowest BCUT2D eigenvalue weighted by atomic mass is 9.99. The fraction of sp³-hybridized carbons (Fsp3) is 0.240. The van der Waals surface area contributed by atoms with Crippen molar-refractivity contribution in [3.05, 3.63) is 71.8 Å². The molecular formula is C25H22ClN5O2. The Morgan fingerprint density at radius 1 is 1.03 bits per heavy atom. The number of piperazine rings is 1. The number of anilines is 1. The number of nitrogens with one attached hydrogen (secondary N) is 1. The van der Waals surface area contributed by atoms with Gasteiger partial charge in [0.2, 0.25) is 0 Å². The number of benzene rings is 1. The largest absolute Gasteiger partial charge is 0.479 e. The average molecular weight is 460 g/mol. The van der Waals surface area contributed by atoms with Crippen LogP contribution in [0.5, 0.6) is 5.75 Å². The van der Waals surface area contributed by atoms with E-state index in [1.54, 1.807) is 18.6 Å². The third kappa shape index (κ3) is 3.58. The SMILES string of the molecule is O=C([C@H]1Cc2cc(Cl)cc(-c3ccnc4[nH]ccc34)c2O1)N1CCN(c2ccncc2)CC1. The van der Waals surface area contributed by atoms with Crippen molar-refractivity contribution in [2.45, 2.75) is 12.5 Å². The van der Waals surface area contributed by atoms with E-state index in [9.17, 15) is 4.79 Å². The second-order valence-corrected chi connectivity index (χ2v) is 8.80. The molecule has 0 spiro atoms. The van der Waals surface area contributed by atoms with E-state index in [1.807, 2.05) is 47.5 Å². The van der Waals surface area contributed by atoms with Crippen LogP contribution in [-0.4, -0.2) is 58.0 Å². The fourth-order valence-electron chi connectivity index (χ4n) is 4.80. The Kier molecular flexibility index (Phi) is 4.91. The van der Waals surface area contributed by atoms with Gasteiger partial charge in [0.1, 0.15) is 11.4 Å². The van der Waals surface area contributed by atoms with E-state index in [-0.39, 0.29) is 5.91 Å². The van der Waals surface area contributed by atoms with Crippen LogP contribution in [0, 0.1) is 0 Å². The molecular weight excluding hydrogens is 438 g/mol. The molecule has 0 unspecified atom stereocenters. The first kappa shape index (κ1) is 20.1. The van der Waals surface area contributed by atoms with Gasteiger partial charge in [0.25, 0.3) is 5.91 Å². The first-order valence-corrected chi connectivity index (χ1v) is 11.4. The fourth-order valence-corrected chi connectivity index (χ4v) is 5.04. The highest BCUT2D eigenvalue weighted by Crippen LogP contribution is 2.43. The number of hydrogen-bond acceptors (Lipinski definition) is 5. The normalized spacial score (nSPS) is 17.8. The Morgan fingerprint density at radius 2 is 1.85 bits per heavy atom. The van der Waals surface area contributed by atoms with Crippen LogP contribution >= 0.6 is 11.6 Å². The van der Waals surface area contributed by atoms with Gasteiger partial charge in [-0.15, -0.1) is 0 Å². The van der Waals surface area contributed by atoms with Crippen LogP contribution in [0.2, 0.25) is 5.02 Å². The topological polar surface area (TPSA) is 74.4 Å². The monoisotopic (exact) mass is 459 g/mol. The van der Waals surface area contributed by atoms with Crippen LogP contribution in [0.15, 0.2) is 61.2 Å². The lowest BCUT2D eigenvalue weighted by Gasteiger charge is -2.36. The molecule has 0 bridgehead atoms. The molecule has 7 nitrogen and oxygen atoms in total. The van der Waals surface area contributed by atoms with Crippen molar-refractivity contribution in [2.24, 2.45) is 0 Å². The number of halogens is 1. The van der Waals surface area contributed by atoms with Gasteiger partial charge < -0.3 is 19.5 Å². The molecule has 5 heterocycles. The molecule has 1 atom stereocenters. The van der Waals surface area contributed by atoms with Gasteiger partial charge in [0.15, 0.2) is 6.10 Å². The van der Waals surface area contributed by atoms with Crippen LogP contribution in [-0.2, 0) is 11.2 Å². The molecule has 1 amide bonds. The highest BCUT2D eigenvalue weighted by molar-refractivity contribution is 6.31. The number of carbonyl (C=O) groups is 1. The number of amides is 1. The maximum atomic E-state index is 13.3. The summed E-state index contributed by atoms with van der Waals surface area (Å²) in [6, 6.07) is 11.8. The number of ether oxygens (including phenoxy) is 1. The molecule has 2 aliphatic rings. The van der Waals surface area contributed by atoms with Gasteiger partial charge in [-0.2, -0.15) is 0 Å². The van der Waals surface area contributed by atoms with Crippen molar-refractivity contribution in [3.63, 3.8) is 0 Å². The zero-order valence-corrected chi connectivity index (χ0v) is 18.6. The molecule has 1 fully saturated rings. The molecule has 1 saturated heterocycles. The third-order valence-electron chi connectivity index (χ3n) is 6.44. The van der Waals surface area contributed by atoms with Crippen molar-refractivity contribution < 1.29 is 9.53 Å². The predicted octanol–water partition coefficient (Wildman–Crippen LogP) is 3.93. The van der Waals surface area contributed by atoms with Crippen LogP contribution in [0.1, 0.15) is 5.56 Å². The maximum absolute atomic E-state index is 13.3. The minimum absolute atomic E-state index is 0.0316. The molecule has 1 N–H and O–H groups in total. The van der Waals surface area contributed by atoms with Crippen molar-refractivity contribution in [2.75, 3.05) is 31.1 Å². The van der Waals surface area contributed by atoms with Crippen molar-refractivity contribution in [1.29, 1.82) is 0 Å². The van der Waals surface area contributed by atoms with E-state index in [0.29, 0.717) is 24.5 Å². The average Bonchev–Trinajstić information content (AvgIpc) is 3.51. The number of pyridine rings is 2. The van der Waals surface area contributed by atoms with E-state index < -0.39 is 6.10 Å². The van der Waals surface area contributed by atoms with Crippen molar-refractivity contribution >= 4 is 34.2 Å². The van der Waals surface area contributed by atoms with Crippen LogP contribution in [0.3, 0.4) is 0 Å². The zero-order valence-electron chi connectivity index (χ0n) is 17.9. The number of rotatable bonds is 3. The molecule has 1 aromatic carbocycles. The molecule has 0 radical (unpaired) electrons. The molecule has 0 saturated carbocycles. The Hall–Kier alpha value is -3.58. The first-order valence-electron chi connectivity index (χ1n) is 11.0. The highest BCUT2D eigenvalue weighted by atomic mass is 35.5. The summed E-state index contributed by atoms with van der Waals surface area (Å²) in [5.74, 6) is 0.769. The summed E-state index contributed by atoms with van der Waals surface area (Å²) in [4.78, 5) is 29.1. The molecule has 166 valence electrons. The Balaban J connectivity index is 1.22. The van der Waals surface area contributed by atoms with Crippen LogP contribution in [0.4, 0.5) is 5.69 Å². The predicted molar refractivity (Wildman–Crippen MR) is 128 cm³/mol. The van der Waals surface area contributed by atoms with Gasteiger partial charge in [-0.25, -0.2) is 4.98 Å². The summed E-state index contributed by atoms with van der Waals surface area (Å²) in [7, 11) is 0. The lowest BCUT2D eigenvalue weighted by Crippen LogP contribution is -2.52. The second kappa shape index (κ2) is 8.08. The Bertz CT molecular complexity index is 1330. The van der Waals surface area contributed by atoms with E-state index in [0.717, 1.165) is 52.3 Å². The van der Waals surface area contributed by atoms with Crippen LogP contribution in [0.25, 0.3) is 22.2 Å². The van der Waals surface area contributed by atoms with Gasteiger partial charge in [-0.1, -0.05) is 11.6 Å². The smallest absolute Gasteiger partial charge is 0.264 e. The minimum Gasteiger partial charge on any atom is -0.479 e. The molecule has 6 rings (SSSR count). The van der Waals surface area contributed by atoms with Crippen molar-refractivity contribution in [1.82, 2.24) is 19.9 Å². The number of aromatic nitrogens is 3.